The molecular formula is C20H19N3O6S. The molecule has 2 aromatic carbocycles. The Morgan fingerprint density at radius 1 is 1.03 bits per heavy atom. The van der Waals surface area contributed by atoms with Crippen molar-refractivity contribution in [3.05, 3.63) is 70.3 Å². The van der Waals surface area contributed by atoms with Gasteiger partial charge in [0.1, 0.15) is 0 Å². The lowest BCUT2D eigenvalue weighted by atomic mass is 10.2. The number of benzene rings is 2. The van der Waals surface area contributed by atoms with Gasteiger partial charge in [0, 0.05) is 40.1 Å². The number of anilines is 2. The molecule has 0 radical (unpaired) electrons. The summed E-state index contributed by atoms with van der Waals surface area (Å²) in [6.07, 6.45) is 0.996. The number of nitro benzene ring substituents is 1. The van der Waals surface area contributed by atoms with Crippen molar-refractivity contribution in [3.63, 3.8) is 0 Å². The van der Waals surface area contributed by atoms with E-state index in [1.54, 1.807) is 31.2 Å². The van der Waals surface area contributed by atoms with Crippen LogP contribution in [-0.4, -0.2) is 33.1 Å². The normalized spacial score (nSPS) is 12.0. The number of carbonyl (C=O) groups is 3. The highest BCUT2D eigenvalue weighted by atomic mass is 32.2. The largest absolute Gasteiger partial charge is 0.478 e. The fraction of sp³-hybridized carbons (Fsp3) is 0.150. The molecule has 0 aliphatic heterocycles. The molecule has 0 aliphatic carbocycles. The second-order valence-electron chi connectivity index (χ2n) is 6.20. The van der Waals surface area contributed by atoms with E-state index in [1.807, 2.05) is 0 Å². The summed E-state index contributed by atoms with van der Waals surface area (Å²) in [5, 5.41) is 24.3. The number of nitro groups is 1. The second kappa shape index (κ2) is 10.2. The average Bonchev–Trinajstić information content (AvgIpc) is 2.69. The number of hydrogen-bond acceptors (Lipinski definition) is 6. The molecule has 0 aromatic heterocycles. The highest BCUT2D eigenvalue weighted by Crippen LogP contribution is 2.26. The van der Waals surface area contributed by atoms with E-state index in [0.717, 1.165) is 11.0 Å². The number of nitrogens with one attached hydrogen (secondary N) is 2. The number of aliphatic carboxylic acids is 1. The molecule has 0 saturated carbocycles. The molecule has 1 atom stereocenters. The van der Waals surface area contributed by atoms with Crippen LogP contribution in [-0.2, 0) is 14.4 Å². The van der Waals surface area contributed by atoms with Gasteiger partial charge in [-0.3, -0.25) is 19.7 Å². The van der Waals surface area contributed by atoms with Crippen LogP contribution in [0, 0.1) is 10.1 Å². The van der Waals surface area contributed by atoms with Crippen LogP contribution in [0.2, 0.25) is 0 Å². The van der Waals surface area contributed by atoms with Crippen LogP contribution in [0.15, 0.2) is 65.1 Å². The van der Waals surface area contributed by atoms with Crippen LogP contribution in [0.1, 0.15) is 13.8 Å². The monoisotopic (exact) mass is 429 g/mol. The van der Waals surface area contributed by atoms with E-state index in [9.17, 15) is 24.5 Å². The van der Waals surface area contributed by atoms with E-state index in [-0.39, 0.29) is 17.2 Å². The third-order valence-corrected chi connectivity index (χ3v) is 4.95. The first kappa shape index (κ1) is 22.6. The smallest absolute Gasteiger partial charge is 0.331 e. The predicted molar refractivity (Wildman–Crippen MR) is 114 cm³/mol. The molecule has 2 rings (SSSR count). The summed E-state index contributed by atoms with van der Waals surface area (Å²) in [4.78, 5) is 45.8. The Labute approximate surface area is 176 Å². The average molecular weight is 429 g/mol. The van der Waals surface area contributed by atoms with Crippen LogP contribution in [0.25, 0.3) is 0 Å². The molecule has 0 unspecified atom stereocenters. The Morgan fingerprint density at radius 2 is 1.57 bits per heavy atom. The molecule has 10 heteroatoms. The Balaban J connectivity index is 1.91. The molecule has 2 amide bonds. The quantitative estimate of drug-likeness (QED) is 0.252. The van der Waals surface area contributed by atoms with Crippen LogP contribution < -0.4 is 10.6 Å². The van der Waals surface area contributed by atoms with Crippen molar-refractivity contribution in [2.45, 2.75) is 24.0 Å². The predicted octanol–water partition coefficient (Wildman–Crippen LogP) is 3.68. The molecule has 0 saturated heterocycles. The minimum absolute atomic E-state index is 0.0591. The minimum Gasteiger partial charge on any atom is -0.478 e. The summed E-state index contributed by atoms with van der Waals surface area (Å²) in [7, 11) is 0. The number of carboxylic acids is 1. The van der Waals surface area contributed by atoms with Gasteiger partial charge in [-0.1, -0.05) is 0 Å². The summed E-state index contributed by atoms with van der Waals surface area (Å²) < 4.78 is 0. The first-order valence-electron chi connectivity index (χ1n) is 8.70. The topological polar surface area (TPSA) is 139 Å². The van der Waals surface area contributed by atoms with Crippen molar-refractivity contribution >= 4 is 46.6 Å². The zero-order chi connectivity index (χ0) is 22.3. The molecule has 0 spiro atoms. The van der Waals surface area contributed by atoms with Gasteiger partial charge in [0.2, 0.25) is 11.8 Å². The minimum atomic E-state index is -1.17. The first-order valence-corrected chi connectivity index (χ1v) is 9.58. The van der Waals surface area contributed by atoms with E-state index in [4.69, 9.17) is 5.11 Å². The summed E-state index contributed by atoms with van der Waals surface area (Å²) in [5.41, 5.74) is 0.811. The number of carboxylic acid groups (broad SMARTS) is 1. The third-order valence-electron chi connectivity index (χ3n) is 3.83. The lowest BCUT2D eigenvalue weighted by Crippen LogP contribution is -2.22. The van der Waals surface area contributed by atoms with Gasteiger partial charge in [-0.2, -0.15) is 0 Å². The first-order chi connectivity index (χ1) is 14.2. The lowest BCUT2D eigenvalue weighted by Gasteiger charge is -2.12. The van der Waals surface area contributed by atoms with Crippen molar-refractivity contribution in [1.29, 1.82) is 0 Å². The molecule has 3 N–H and O–H groups in total. The standard InChI is InChI=1S/C20H19N3O6S/c1-12(20(26)27)11-18(24)21-14-5-9-17(10-6-14)30-13(2)19(25)22-15-3-7-16(8-4-15)23(28)29/h3-11,13H,1-2H3,(H,21,24)(H,22,25)(H,26,27)/b12-11-/t13-/m0/s1. The number of nitrogens with zero attached hydrogens (tertiary/aromatic N) is 1. The summed E-state index contributed by atoms with van der Waals surface area (Å²) in [6, 6.07) is 12.3. The van der Waals surface area contributed by atoms with Gasteiger partial charge in [0.25, 0.3) is 5.69 Å². The second-order valence-corrected chi connectivity index (χ2v) is 7.61. The Kier molecular flexibility index (Phi) is 7.70. The van der Waals surface area contributed by atoms with Gasteiger partial charge < -0.3 is 15.7 Å². The van der Waals surface area contributed by atoms with Gasteiger partial charge in [-0.25, -0.2) is 4.79 Å². The number of rotatable bonds is 8. The fourth-order valence-corrected chi connectivity index (χ4v) is 3.09. The number of non-ortho nitro benzene ring substituents is 1. The van der Waals surface area contributed by atoms with Crippen molar-refractivity contribution in [1.82, 2.24) is 0 Å². The molecule has 0 fully saturated rings. The number of hydrogen-bond donors (Lipinski definition) is 3. The Bertz CT molecular complexity index is 987. The molecule has 9 nitrogen and oxygen atoms in total. The van der Waals surface area contributed by atoms with Crippen LogP contribution in [0.5, 0.6) is 0 Å². The van der Waals surface area contributed by atoms with Crippen LogP contribution in [0.3, 0.4) is 0 Å². The Morgan fingerprint density at radius 3 is 2.10 bits per heavy atom. The number of thioether (sulfide) groups is 1. The molecular weight excluding hydrogens is 410 g/mol. The number of carbonyl (C=O) groups excluding carboxylic acids is 2. The van der Waals surface area contributed by atoms with Crippen molar-refractivity contribution < 1.29 is 24.4 Å². The number of amides is 2. The van der Waals surface area contributed by atoms with E-state index in [0.29, 0.717) is 11.4 Å². The zero-order valence-corrected chi connectivity index (χ0v) is 16.9. The van der Waals surface area contributed by atoms with Crippen LogP contribution in [0.4, 0.5) is 17.1 Å². The third kappa shape index (κ3) is 6.74. The SMILES string of the molecule is C/C(=C/C(=O)Nc1ccc(S[C@@H](C)C(=O)Nc2ccc([N+](=O)[O-])cc2)cc1)C(=O)O. The van der Waals surface area contributed by atoms with E-state index in [2.05, 4.69) is 10.6 Å². The maximum absolute atomic E-state index is 12.3. The van der Waals surface area contributed by atoms with E-state index >= 15 is 0 Å². The van der Waals surface area contributed by atoms with Gasteiger partial charge in [0.05, 0.1) is 10.2 Å². The summed E-state index contributed by atoms with van der Waals surface area (Å²) in [5.74, 6) is -1.98. The van der Waals surface area contributed by atoms with Gasteiger partial charge in [0.15, 0.2) is 0 Å². The molecule has 0 heterocycles. The maximum atomic E-state index is 12.3. The highest BCUT2D eigenvalue weighted by Gasteiger charge is 2.15. The fourth-order valence-electron chi connectivity index (χ4n) is 2.22. The van der Waals surface area contributed by atoms with Crippen LogP contribution >= 0.6 is 11.8 Å². The lowest BCUT2D eigenvalue weighted by molar-refractivity contribution is -0.384. The molecule has 30 heavy (non-hydrogen) atoms. The van der Waals surface area contributed by atoms with Gasteiger partial charge in [-0.05, 0) is 50.2 Å². The van der Waals surface area contributed by atoms with Gasteiger partial charge >= 0.3 is 5.97 Å². The highest BCUT2D eigenvalue weighted by molar-refractivity contribution is 8.00. The van der Waals surface area contributed by atoms with Crippen molar-refractivity contribution in [2.75, 3.05) is 10.6 Å². The summed E-state index contributed by atoms with van der Waals surface area (Å²) >= 11 is 1.30. The summed E-state index contributed by atoms with van der Waals surface area (Å²) in [6.45, 7) is 3.05. The maximum Gasteiger partial charge on any atom is 0.331 e. The van der Waals surface area contributed by atoms with E-state index < -0.39 is 22.0 Å². The van der Waals surface area contributed by atoms with Gasteiger partial charge in [-0.15, -0.1) is 11.8 Å². The zero-order valence-electron chi connectivity index (χ0n) is 16.1. The molecule has 0 aliphatic rings. The van der Waals surface area contributed by atoms with E-state index in [1.165, 1.54) is 43.0 Å². The molecule has 2 aromatic rings. The Hall–Kier alpha value is -3.66. The molecule has 0 bridgehead atoms. The molecule has 156 valence electrons. The van der Waals surface area contributed by atoms with Crippen molar-refractivity contribution in [2.24, 2.45) is 0 Å². The van der Waals surface area contributed by atoms with Crippen molar-refractivity contribution in [3.8, 4) is 0 Å².